The van der Waals surface area contributed by atoms with Gasteiger partial charge in [0.2, 0.25) is 0 Å². The summed E-state index contributed by atoms with van der Waals surface area (Å²) in [5.41, 5.74) is -1.57. The zero-order valence-corrected chi connectivity index (χ0v) is 27.7. The second-order valence-electron chi connectivity index (χ2n) is 12.2. The van der Waals surface area contributed by atoms with Crippen molar-refractivity contribution in [2.24, 2.45) is 10.8 Å². The summed E-state index contributed by atoms with van der Waals surface area (Å²) in [6, 6.07) is 15.2. The molecule has 2 aliphatic carbocycles. The molecule has 2 heterocycles. The van der Waals surface area contributed by atoms with Crippen molar-refractivity contribution in [1.82, 2.24) is 0 Å². The predicted molar refractivity (Wildman–Crippen MR) is 176 cm³/mol. The number of thioether (sulfide) groups is 2. The van der Waals surface area contributed by atoms with Crippen molar-refractivity contribution in [2.45, 2.75) is 59.3 Å². The van der Waals surface area contributed by atoms with Gasteiger partial charge in [-0.25, -0.2) is 0 Å². The summed E-state index contributed by atoms with van der Waals surface area (Å²) in [6.45, 7) is 14.8. The molecule has 4 aliphatic rings. The summed E-state index contributed by atoms with van der Waals surface area (Å²) >= 11 is 1.82. The number of anilines is 2. The van der Waals surface area contributed by atoms with Crippen molar-refractivity contribution in [3.05, 3.63) is 92.8 Å². The smallest absolute Gasteiger partial charge is 0.372 e. The van der Waals surface area contributed by atoms with E-state index in [4.69, 9.17) is 0 Å². The van der Waals surface area contributed by atoms with Crippen molar-refractivity contribution in [2.75, 3.05) is 36.0 Å². The Kier molecular flexibility index (Phi) is 7.63. The SMILES string of the molecule is CCN(CC)c1ccc(C2=C[C@]3(C)C(=C4C(=C5SC(c6ccc(N(CC)CC)cc6)=C[C@]53C)C(F)(F)C(F)(F)C4(F)F)S2)cc1. The number of hydrogen-bond donors (Lipinski definition) is 0. The fourth-order valence-corrected chi connectivity index (χ4v) is 10.2. The third-order valence-electron chi connectivity index (χ3n) is 9.97. The normalized spacial score (nSPS) is 27.2. The molecular formula is C35H36F6N2S2. The standard InChI is InChI=1S/C35H36F6N2S2/c1-7-42(8-2)23-15-11-21(12-16-23)25-19-31(5)29(44-25)27-28(34(38,39)35(40,41)33(27,36)37)30-32(31,6)20-26(45-30)22-13-17-24(18-14-22)43(9-3)10-4/h11-20H,7-10H2,1-6H3/t31-,32-/m1/s1. The lowest BCUT2D eigenvalue weighted by Crippen LogP contribution is -2.47. The average molecular weight is 663 g/mol. The highest BCUT2D eigenvalue weighted by Crippen LogP contribution is 2.78. The monoisotopic (exact) mass is 662 g/mol. The second-order valence-corrected chi connectivity index (χ2v) is 14.3. The molecule has 0 bridgehead atoms. The van der Waals surface area contributed by atoms with Gasteiger partial charge in [0.05, 0.1) is 0 Å². The largest absolute Gasteiger partial charge is 0.380 e. The molecule has 6 rings (SSSR count). The van der Waals surface area contributed by atoms with Crippen LogP contribution in [0.5, 0.6) is 0 Å². The lowest BCUT2D eigenvalue weighted by atomic mass is 9.60. The molecule has 2 atom stereocenters. The molecule has 0 unspecified atom stereocenters. The minimum atomic E-state index is -5.57. The van der Waals surface area contributed by atoms with E-state index in [9.17, 15) is 0 Å². The van der Waals surface area contributed by atoms with Crippen LogP contribution in [0, 0.1) is 10.8 Å². The number of halogens is 6. The van der Waals surface area contributed by atoms with Crippen LogP contribution in [0.2, 0.25) is 0 Å². The molecule has 2 aromatic rings. The van der Waals surface area contributed by atoms with Crippen molar-refractivity contribution < 1.29 is 26.3 Å². The molecule has 0 N–H and O–H groups in total. The molecule has 240 valence electrons. The highest BCUT2D eigenvalue weighted by molar-refractivity contribution is 8.12. The van der Waals surface area contributed by atoms with Gasteiger partial charge < -0.3 is 9.80 Å². The molecule has 1 saturated carbocycles. The quantitative estimate of drug-likeness (QED) is 0.260. The van der Waals surface area contributed by atoms with Gasteiger partial charge in [0.1, 0.15) is 0 Å². The molecule has 45 heavy (non-hydrogen) atoms. The Labute approximate surface area is 269 Å². The van der Waals surface area contributed by atoms with Gasteiger partial charge in [-0.15, -0.1) is 0 Å². The summed E-state index contributed by atoms with van der Waals surface area (Å²) in [4.78, 5) is 5.21. The Morgan fingerprint density at radius 2 is 0.844 bits per heavy atom. The number of hydrogen-bond acceptors (Lipinski definition) is 4. The fourth-order valence-electron chi connectivity index (χ4n) is 7.01. The van der Waals surface area contributed by atoms with Gasteiger partial charge in [-0.1, -0.05) is 73.8 Å². The van der Waals surface area contributed by atoms with E-state index in [0.29, 0.717) is 20.9 Å². The number of rotatable bonds is 8. The number of fused-ring (bicyclic) bond motifs is 4. The van der Waals surface area contributed by atoms with Gasteiger partial charge in [0.15, 0.2) is 0 Å². The van der Waals surface area contributed by atoms with E-state index in [-0.39, 0.29) is 9.81 Å². The summed E-state index contributed by atoms with van der Waals surface area (Å²) in [6.07, 6.45) is 3.63. The van der Waals surface area contributed by atoms with Crippen LogP contribution in [0.1, 0.15) is 52.7 Å². The summed E-state index contributed by atoms with van der Waals surface area (Å²) in [5.74, 6) is -15.7. The first-order valence-electron chi connectivity index (χ1n) is 15.3. The highest BCUT2D eigenvalue weighted by Gasteiger charge is 2.84. The summed E-state index contributed by atoms with van der Waals surface area (Å²) < 4.78 is 93.1. The fraction of sp³-hybridized carbons (Fsp3) is 0.429. The Hall–Kier alpha value is -2.72. The Morgan fingerprint density at radius 1 is 0.533 bits per heavy atom. The van der Waals surface area contributed by atoms with E-state index in [0.717, 1.165) is 61.1 Å². The van der Waals surface area contributed by atoms with E-state index >= 15 is 26.3 Å². The van der Waals surface area contributed by atoms with E-state index in [2.05, 4.69) is 9.80 Å². The van der Waals surface area contributed by atoms with Gasteiger partial charge in [0, 0.05) is 79.2 Å². The van der Waals surface area contributed by atoms with Crippen LogP contribution in [0.15, 0.2) is 81.6 Å². The summed E-state index contributed by atoms with van der Waals surface area (Å²) in [5, 5.41) is 0. The number of alkyl halides is 6. The van der Waals surface area contributed by atoms with Crippen molar-refractivity contribution in [1.29, 1.82) is 0 Å². The maximum Gasteiger partial charge on any atom is 0.380 e. The van der Waals surface area contributed by atoms with E-state index in [1.807, 2.05) is 88.4 Å². The molecule has 1 fully saturated rings. The van der Waals surface area contributed by atoms with Crippen molar-refractivity contribution in [3.8, 4) is 0 Å². The highest BCUT2D eigenvalue weighted by atomic mass is 32.2. The lowest BCUT2D eigenvalue weighted by molar-refractivity contribution is -0.258. The molecule has 0 saturated heterocycles. The first kappa shape index (κ1) is 32.2. The van der Waals surface area contributed by atoms with Gasteiger partial charge in [-0.05, 0) is 63.1 Å². The Balaban J connectivity index is 1.52. The van der Waals surface area contributed by atoms with Crippen LogP contribution in [-0.4, -0.2) is 43.9 Å². The third-order valence-corrected chi connectivity index (χ3v) is 12.8. The average Bonchev–Trinajstić information content (AvgIpc) is 3.59. The molecule has 2 aliphatic heterocycles. The van der Waals surface area contributed by atoms with Gasteiger partial charge in [-0.2, -0.15) is 26.3 Å². The van der Waals surface area contributed by atoms with E-state index in [1.165, 1.54) is 0 Å². The Bertz CT molecular complexity index is 1530. The van der Waals surface area contributed by atoms with Crippen molar-refractivity contribution in [3.63, 3.8) is 0 Å². The molecular weight excluding hydrogens is 627 g/mol. The predicted octanol–water partition coefficient (Wildman–Crippen LogP) is 10.7. The molecule has 0 amide bonds. The molecule has 10 heteroatoms. The number of nitrogens with zero attached hydrogens (tertiary/aromatic N) is 2. The first-order valence-corrected chi connectivity index (χ1v) is 16.9. The van der Waals surface area contributed by atoms with Gasteiger partial charge in [-0.3, -0.25) is 0 Å². The van der Waals surface area contributed by atoms with Crippen LogP contribution in [0.3, 0.4) is 0 Å². The van der Waals surface area contributed by atoms with Crippen LogP contribution in [0.25, 0.3) is 9.81 Å². The zero-order chi connectivity index (χ0) is 32.7. The number of allylic oxidation sites excluding steroid dienone is 6. The summed E-state index contributed by atoms with van der Waals surface area (Å²) in [7, 11) is 0. The minimum absolute atomic E-state index is 0.136. The maximum absolute atomic E-state index is 15.7. The van der Waals surface area contributed by atoms with Crippen LogP contribution in [-0.2, 0) is 0 Å². The zero-order valence-electron chi connectivity index (χ0n) is 26.1. The number of benzene rings is 2. The van der Waals surface area contributed by atoms with Crippen molar-refractivity contribution >= 4 is 44.7 Å². The molecule has 2 nitrogen and oxygen atoms in total. The lowest BCUT2D eigenvalue weighted by Gasteiger charge is -2.45. The van der Waals surface area contributed by atoms with Crippen LogP contribution >= 0.6 is 23.5 Å². The maximum atomic E-state index is 15.7. The second kappa shape index (κ2) is 10.7. The van der Waals surface area contributed by atoms with Gasteiger partial charge in [0.25, 0.3) is 0 Å². The van der Waals surface area contributed by atoms with E-state index < -0.39 is 39.7 Å². The van der Waals surface area contributed by atoms with E-state index in [1.54, 1.807) is 13.8 Å². The molecule has 2 aromatic carbocycles. The van der Waals surface area contributed by atoms with Gasteiger partial charge >= 0.3 is 17.8 Å². The van der Waals surface area contributed by atoms with Crippen LogP contribution < -0.4 is 9.80 Å². The molecule has 0 spiro atoms. The first-order chi connectivity index (χ1) is 21.1. The minimum Gasteiger partial charge on any atom is -0.372 e. The van der Waals surface area contributed by atoms with Crippen LogP contribution in [0.4, 0.5) is 37.7 Å². The third kappa shape index (κ3) is 4.26. The topological polar surface area (TPSA) is 6.48 Å². The molecule has 0 aromatic heterocycles. The Morgan fingerprint density at radius 3 is 1.13 bits per heavy atom. The molecule has 0 radical (unpaired) electrons.